The molecule has 1 aliphatic rings. The van der Waals surface area contributed by atoms with Gasteiger partial charge in [-0.2, -0.15) is 0 Å². The number of aromatic nitrogens is 2. The van der Waals surface area contributed by atoms with Crippen molar-refractivity contribution in [1.82, 2.24) is 19.4 Å². The van der Waals surface area contributed by atoms with E-state index in [4.69, 9.17) is 11.6 Å². The van der Waals surface area contributed by atoms with Crippen LogP contribution in [0.4, 0.5) is 0 Å². The SMILES string of the molecule is CC(C)CN1CCN(Cc2cccn2-c2ccc(Cl)cn2)C[C@@H]1CCO. The van der Waals surface area contributed by atoms with Crippen molar-refractivity contribution in [2.24, 2.45) is 5.92 Å². The van der Waals surface area contributed by atoms with E-state index in [1.54, 1.807) is 6.20 Å². The van der Waals surface area contributed by atoms with Gasteiger partial charge < -0.3 is 9.67 Å². The third-order valence-electron chi connectivity index (χ3n) is 4.93. The molecule has 0 spiro atoms. The van der Waals surface area contributed by atoms with Gasteiger partial charge in [-0.1, -0.05) is 25.4 Å². The molecule has 2 aromatic rings. The molecule has 5 nitrogen and oxygen atoms in total. The fourth-order valence-corrected chi connectivity index (χ4v) is 3.85. The Morgan fingerprint density at radius 2 is 2.12 bits per heavy atom. The zero-order valence-corrected chi connectivity index (χ0v) is 16.4. The van der Waals surface area contributed by atoms with E-state index in [0.29, 0.717) is 17.0 Å². The van der Waals surface area contributed by atoms with Gasteiger partial charge in [-0.15, -0.1) is 0 Å². The van der Waals surface area contributed by atoms with E-state index in [1.807, 2.05) is 18.3 Å². The molecule has 1 fully saturated rings. The van der Waals surface area contributed by atoms with Crippen LogP contribution in [-0.4, -0.2) is 63.3 Å². The number of pyridine rings is 1. The summed E-state index contributed by atoms with van der Waals surface area (Å²) < 4.78 is 2.12. The summed E-state index contributed by atoms with van der Waals surface area (Å²) in [7, 11) is 0. The lowest BCUT2D eigenvalue weighted by atomic mass is 10.1. The Hall–Kier alpha value is -1.40. The Kier molecular flexibility index (Phi) is 6.70. The second-order valence-corrected chi connectivity index (χ2v) is 7.93. The highest BCUT2D eigenvalue weighted by molar-refractivity contribution is 6.30. The summed E-state index contributed by atoms with van der Waals surface area (Å²) >= 11 is 5.96. The Morgan fingerprint density at radius 1 is 1.27 bits per heavy atom. The predicted octanol–water partition coefficient (Wildman–Crippen LogP) is 3.05. The highest BCUT2D eigenvalue weighted by Gasteiger charge is 2.27. The summed E-state index contributed by atoms with van der Waals surface area (Å²) in [6.45, 7) is 9.85. The van der Waals surface area contributed by atoms with Crippen LogP contribution in [-0.2, 0) is 6.54 Å². The van der Waals surface area contributed by atoms with Gasteiger partial charge in [-0.25, -0.2) is 4.98 Å². The van der Waals surface area contributed by atoms with Crippen molar-refractivity contribution in [3.05, 3.63) is 47.4 Å². The van der Waals surface area contributed by atoms with Crippen LogP contribution in [0.1, 0.15) is 26.0 Å². The van der Waals surface area contributed by atoms with Crippen LogP contribution in [0, 0.1) is 5.92 Å². The average molecular weight is 377 g/mol. The molecule has 1 N–H and O–H groups in total. The second kappa shape index (κ2) is 9.00. The summed E-state index contributed by atoms with van der Waals surface area (Å²) in [5.41, 5.74) is 1.22. The topological polar surface area (TPSA) is 44.5 Å². The van der Waals surface area contributed by atoms with Gasteiger partial charge in [0.1, 0.15) is 5.82 Å². The summed E-state index contributed by atoms with van der Waals surface area (Å²) in [6.07, 6.45) is 4.57. The first-order valence-electron chi connectivity index (χ1n) is 9.42. The lowest BCUT2D eigenvalue weighted by Crippen LogP contribution is -2.54. The van der Waals surface area contributed by atoms with E-state index < -0.39 is 0 Å². The van der Waals surface area contributed by atoms with E-state index in [9.17, 15) is 5.11 Å². The maximum atomic E-state index is 9.46. The van der Waals surface area contributed by atoms with Gasteiger partial charge in [0.15, 0.2) is 0 Å². The molecular weight excluding hydrogens is 348 g/mol. The number of nitrogens with zero attached hydrogens (tertiary/aromatic N) is 4. The van der Waals surface area contributed by atoms with Gasteiger partial charge in [0.2, 0.25) is 0 Å². The Bertz CT molecular complexity index is 685. The van der Waals surface area contributed by atoms with Crippen molar-refractivity contribution in [3.8, 4) is 5.82 Å². The van der Waals surface area contributed by atoms with Crippen molar-refractivity contribution in [1.29, 1.82) is 0 Å². The van der Waals surface area contributed by atoms with Crippen LogP contribution in [0.3, 0.4) is 0 Å². The molecule has 1 aliphatic heterocycles. The predicted molar refractivity (Wildman–Crippen MR) is 106 cm³/mol. The van der Waals surface area contributed by atoms with Crippen molar-refractivity contribution in [2.75, 3.05) is 32.8 Å². The molecule has 6 heteroatoms. The molecule has 1 saturated heterocycles. The largest absolute Gasteiger partial charge is 0.396 e. The lowest BCUT2D eigenvalue weighted by Gasteiger charge is -2.42. The fourth-order valence-electron chi connectivity index (χ4n) is 3.74. The van der Waals surface area contributed by atoms with Gasteiger partial charge in [0.05, 0.1) is 5.02 Å². The maximum absolute atomic E-state index is 9.46. The monoisotopic (exact) mass is 376 g/mol. The molecule has 0 unspecified atom stereocenters. The molecule has 0 bridgehead atoms. The molecule has 0 amide bonds. The number of rotatable bonds is 7. The van der Waals surface area contributed by atoms with Gasteiger partial charge in [-0.3, -0.25) is 9.80 Å². The summed E-state index contributed by atoms with van der Waals surface area (Å²) in [6, 6.07) is 8.45. The van der Waals surface area contributed by atoms with E-state index >= 15 is 0 Å². The smallest absolute Gasteiger partial charge is 0.136 e. The molecule has 3 heterocycles. The highest BCUT2D eigenvalue weighted by Crippen LogP contribution is 2.19. The van der Waals surface area contributed by atoms with Gasteiger partial charge in [-0.05, 0) is 36.6 Å². The number of piperazine rings is 1. The van der Waals surface area contributed by atoms with Crippen LogP contribution in [0.5, 0.6) is 0 Å². The number of hydrogen-bond donors (Lipinski definition) is 1. The highest BCUT2D eigenvalue weighted by atomic mass is 35.5. The Labute approximate surface area is 161 Å². The van der Waals surface area contributed by atoms with E-state index in [-0.39, 0.29) is 6.61 Å². The molecule has 26 heavy (non-hydrogen) atoms. The van der Waals surface area contributed by atoms with E-state index in [2.05, 4.69) is 45.3 Å². The Morgan fingerprint density at radius 3 is 2.81 bits per heavy atom. The number of hydrogen-bond acceptors (Lipinski definition) is 4. The van der Waals surface area contributed by atoms with Crippen LogP contribution in [0.2, 0.25) is 5.02 Å². The third-order valence-corrected chi connectivity index (χ3v) is 5.15. The third kappa shape index (κ3) is 4.86. The van der Waals surface area contributed by atoms with Crippen molar-refractivity contribution in [3.63, 3.8) is 0 Å². The zero-order valence-electron chi connectivity index (χ0n) is 15.7. The van der Waals surface area contributed by atoms with Crippen LogP contribution >= 0.6 is 11.6 Å². The first-order chi connectivity index (χ1) is 12.6. The molecule has 0 aliphatic carbocycles. The number of aliphatic hydroxyl groups is 1. The lowest BCUT2D eigenvalue weighted by molar-refractivity contribution is 0.0469. The van der Waals surface area contributed by atoms with Gasteiger partial charge in [0.25, 0.3) is 0 Å². The molecule has 0 radical (unpaired) electrons. The van der Waals surface area contributed by atoms with Gasteiger partial charge >= 0.3 is 0 Å². The van der Waals surface area contributed by atoms with Crippen molar-refractivity contribution >= 4 is 11.6 Å². The molecule has 3 rings (SSSR count). The fraction of sp³-hybridized carbons (Fsp3) is 0.550. The molecule has 0 aromatic carbocycles. The number of aliphatic hydroxyl groups excluding tert-OH is 1. The standard InChI is InChI=1S/C20H29ClN4O/c1-16(2)13-24-10-9-23(14-18(24)7-11-26)15-19-4-3-8-25(19)20-6-5-17(21)12-22-20/h3-6,8,12,16,18,26H,7,9-11,13-15H2,1-2H3/t18-/m0/s1. The normalized spacial score (nSPS) is 19.3. The first kappa shape index (κ1) is 19.4. The number of halogens is 1. The van der Waals surface area contributed by atoms with Crippen LogP contribution in [0.25, 0.3) is 5.82 Å². The molecular formula is C20H29ClN4O. The van der Waals surface area contributed by atoms with E-state index in [0.717, 1.165) is 45.0 Å². The van der Waals surface area contributed by atoms with Crippen molar-refractivity contribution < 1.29 is 5.11 Å². The summed E-state index contributed by atoms with van der Waals surface area (Å²) in [5.74, 6) is 1.54. The second-order valence-electron chi connectivity index (χ2n) is 7.49. The minimum absolute atomic E-state index is 0.248. The molecule has 2 aromatic heterocycles. The van der Waals surface area contributed by atoms with Gasteiger partial charge in [0, 0.05) is 63.5 Å². The average Bonchev–Trinajstić information content (AvgIpc) is 3.06. The molecule has 0 saturated carbocycles. The minimum Gasteiger partial charge on any atom is -0.396 e. The van der Waals surface area contributed by atoms with E-state index in [1.165, 1.54) is 5.69 Å². The quantitative estimate of drug-likeness (QED) is 0.806. The van der Waals surface area contributed by atoms with Crippen LogP contribution < -0.4 is 0 Å². The van der Waals surface area contributed by atoms with Crippen LogP contribution in [0.15, 0.2) is 36.7 Å². The minimum atomic E-state index is 0.248. The Balaban J connectivity index is 1.68. The first-order valence-corrected chi connectivity index (χ1v) is 9.80. The van der Waals surface area contributed by atoms with Crippen molar-refractivity contribution in [2.45, 2.75) is 32.9 Å². The maximum Gasteiger partial charge on any atom is 0.136 e. The zero-order chi connectivity index (χ0) is 18.5. The molecule has 1 atom stereocenters. The molecule has 142 valence electrons. The summed E-state index contributed by atoms with van der Waals surface area (Å²) in [5, 5.41) is 10.1. The summed E-state index contributed by atoms with van der Waals surface area (Å²) in [4.78, 5) is 9.46.